The SMILES string of the molecule is O=C([O-])COc1c(C(=O)[O-])sc(-c2cccc(NC3CCN(S(=O)(=O)Cc4ccccc4)CC3)c2)c1Br. The number of anilines is 1. The third-order valence-corrected chi connectivity index (χ3v) is 9.93. The van der Waals surface area contributed by atoms with Crippen LogP contribution in [0.25, 0.3) is 10.4 Å². The molecule has 37 heavy (non-hydrogen) atoms. The molecule has 0 spiro atoms. The molecule has 1 fully saturated rings. The van der Waals surface area contributed by atoms with Crippen molar-refractivity contribution in [2.24, 2.45) is 0 Å². The molecule has 1 N–H and O–H groups in total. The predicted octanol–water partition coefficient (Wildman–Crippen LogP) is 2.08. The molecular weight excluding hydrogens is 584 g/mol. The largest absolute Gasteiger partial charge is 0.546 e. The Labute approximate surface area is 226 Å². The molecule has 1 aromatic heterocycles. The lowest BCUT2D eigenvalue weighted by atomic mass is 10.1. The number of thiophene rings is 1. The first-order valence-electron chi connectivity index (χ1n) is 11.4. The third-order valence-electron chi connectivity index (χ3n) is 5.86. The van der Waals surface area contributed by atoms with Crippen LogP contribution in [-0.4, -0.2) is 50.4 Å². The Kier molecular flexibility index (Phi) is 8.53. The first kappa shape index (κ1) is 27.1. The summed E-state index contributed by atoms with van der Waals surface area (Å²) in [4.78, 5) is 22.7. The summed E-state index contributed by atoms with van der Waals surface area (Å²) in [5, 5.41) is 25.8. The van der Waals surface area contributed by atoms with Crippen LogP contribution in [0, 0.1) is 0 Å². The zero-order valence-electron chi connectivity index (χ0n) is 19.5. The van der Waals surface area contributed by atoms with Crippen molar-refractivity contribution in [2.75, 3.05) is 25.0 Å². The molecule has 0 bridgehead atoms. The van der Waals surface area contributed by atoms with Crippen LogP contribution in [0.1, 0.15) is 28.1 Å². The van der Waals surface area contributed by atoms with Crippen LogP contribution in [0.5, 0.6) is 5.75 Å². The van der Waals surface area contributed by atoms with Crippen LogP contribution in [0.15, 0.2) is 59.1 Å². The highest BCUT2D eigenvalue weighted by Crippen LogP contribution is 2.45. The van der Waals surface area contributed by atoms with Gasteiger partial charge in [-0.15, -0.1) is 11.3 Å². The number of carbonyl (C=O) groups excluding carboxylic acids is 2. The zero-order chi connectivity index (χ0) is 26.6. The molecule has 4 rings (SSSR count). The molecule has 0 unspecified atom stereocenters. The number of ether oxygens (including phenoxy) is 1. The Balaban J connectivity index is 1.43. The van der Waals surface area contributed by atoms with Crippen LogP contribution in [0.4, 0.5) is 5.69 Å². The van der Waals surface area contributed by atoms with Crippen molar-refractivity contribution >= 4 is 54.9 Å². The Morgan fingerprint density at radius 1 is 1.08 bits per heavy atom. The predicted molar refractivity (Wildman–Crippen MR) is 140 cm³/mol. The second-order valence-electron chi connectivity index (χ2n) is 8.49. The second kappa shape index (κ2) is 11.6. The molecule has 0 radical (unpaired) electrons. The van der Waals surface area contributed by atoms with E-state index in [4.69, 9.17) is 4.74 Å². The molecule has 0 amide bonds. The van der Waals surface area contributed by atoms with Crippen molar-refractivity contribution in [3.63, 3.8) is 0 Å². The van der Waals surface area contributed by atoms with Gasteiger partial charge >= 0.3 is 0 Å². The number of carboxylic acids is 2. The number of piperidine rings is 1. The molecule has 1 aliphatic rings. The molecule has 9 nitrogen and oxygen atoms in total. The lowest BCUT2D eigenvalue weighted by molar-refractivity contribution is -0.307. The number of nitrogens with zero attached hydrogens (tertiary/aromatic N) is 1. The van der Waals surface area contributed by atoms with Gasteiger partial charge in [0.2, 0.25) is 10.0 Å². The Bertz CT molecular complexity index is 1390. The number of sulfonamides is 1. The fourth-order valence-corrected chi connectivity index (χ4v) is 7.56. The molecule has 1 aliphatic heterocycles. The second-order valence-corrected chi connectivity index (χ2v) is 12.3. The fourth-order valence-electron chi connectivity index (χ4n) is 4.12. The first-order valence-corrected chi connectivity index (χ1v) is 14.6. The van der Waals surface area contributed by atoms with Gasteiger partial charge in [0.1, 0.15) is 6.61 Å². The van der Waals surface area contributed by atoms with E-state index in [0.29, 0.717) is 40.8 Å². The van der Waals surface area contributed by atoms with Crippen molar-refractivity contribution < 1.29 is 33.0 Å². The highest BCUT2D eigenvalue weighted by Gasteiger charge is 2.28. The number of aromatic carboxylic acids is 1. The first-order chi connectivity index (χ1) is 17.6. The van der Waals surface area contributed by atoms with Gasteiger partial charge in [-0.05, 0) is 52.0 Å². The van der Waals surface area contributed by atoms with Crippen molar-refractivity contribution in [3.8, 4) is 16.2 Å². The van der Waals surface area contributed by atoms with Crippen molar-refractivity contribution in [1.82, 2.24) is 4.31 Å². The number of benzene rings is 2. The van der Waals surface area contributed by atoms with Gasteiger partial charge in [-0.3, -0.25) is 0 Å². The van der Waals surface area contributed by atoms with Crippen LogP contribution in [0.2, 0.25) is 0 Å². The van der Waals surface area contributed by atoms with Crippen molar-refractivity contribution in [2.45, 2.75) is 24.6 Å². The van der Waals surface area contributed by atoms with Crippen LogP contribution >= 0.6 is 27.3 Å². The average Bonchev–Trinajstić information content (AvgIpc) is 3.20. The normalized spacial score (nSPS) is 14.8. The summed E-state index contributed by atoms with van der Waals surface area (Å²) in [5.74, 6) is -3.10. The smallest absolute Gasteiger partial charge is 0.218 e. The zero-order valence-corrected chi connectivity index (χ0v) is 22.7. The Hall–Kier alpha value is -2.93. The Morgan fingerprint density at radius 2 is 1.78 bits per heavy atom. The molecule has 3 aromatic rings. The van der Waals surface area contributed by atoms with E-state index < -0.39 is 28.6 Å². The minimum atomic E-state index is -3.40. The van der Waals surface area contributed by atoms with Gasteiger partial charge in [0.25, 0.3) is 0 Å². The molecule has 2 heterocycles. The van der Waals surface area contributed by atoms with E-state index in [1.165, 1.54) is 4.31 Å². The lowest BCUT2D eigenvalue weighted by Gasteiger charge is -2.32. The minimum Gasteiger partial charge on any atom is -0.546 e. The van der Waals surface area contributed by atoms with E-state index in [2.05, 4.69) is 21.2 Å². The highest BCUT2D eigenvalue weighted by atomic mass is 79.9. The van der Waals surface area contributed by atoms with Crippen LogP contribution < -0.4 is 20.3 Å². The number of carbonyl (C=O) groups is 2. The number of carboxylic acid groups (broad SMARTS) is 2. The molecule has 12 heteroatoms. The molecule has 1 saturated heterocycles. The minimum absolute atomic E-state index is 0.0216. The summed E-state index contributed by atoms with van der Waals surface area (Å²) in [5.41, 5.74) is 2.24. The quantitative estimate of drug-likeness (QED) is 0.370. The van der Waals surface area contributed by atoms with Gasteiger partial charge in [-0.25, -0.2) is 12.7 Å². The number of hydrogen-bond donors (Lipinski definition) is 1. The summed E-state index contributed by atoms with van der Waals surface area (Å²) >= 11 is 4.24. The number of aliphatic carboxylic acids is 1. The van der Waals surface area contributed by atoms with Gasteiger partial charge in [-0.2, -0.15) is 0 Å². The number of rotatable bonds is 10. The van der Waals surface area contributed by atoms with Crippen molar-refractivity contribution in [1.29, 1.82) is 0 Å². The van der Waals surface area contributed by atoms with E-state index in [-0.39, 0.29) is 22.4 Å². The number of nitrogens with one attached hydrogen (secondary N) is 1. The summed E-state index contributed by atoms with van der Waals surface area (Å²) in [6.45, 7) is 0.0324. The number of halogens is 1. The van der Waals surface area contributed by atoms with E-state index >= 15 is 0 Å². The summed E-state index contributed by atoms with van der Waals surface area (Å²) in [7, 11) is -3.40. The highest BCUT2D eigenvalue weighted by molar-refractivity contribution is 9.10. The molecule has 0 saturated carbocycles. The molecule has 196 valence electrons. The molecule has 0 aliphatic carbocycles. The summed E-state index contributed by atoms with van der Waals surface area (Å²) in [6, 6.07) is 16.5. The standard InChI is InChI=1S/C25H25BrN2O7S2/c26-21-22(35-14-20(29)30)24(25(31)32)36-23(21)17-7-4-8-19(13-17)27-18-9-11-28(12-10-18)37(33,34)15-16-5-2-1-3-6-16/h1-8,13,18,27H,9-12,14-15H2,(H,29,30)(H,31,32)/p-2. The molecule has 2 aromatic carbocycles. The van der Waals surface area contributed by atoms with Gasteiger partial charge in [0.05, 0.1) is 31.9 Å². The lowest BCUT2D eigenvalue weighted by Crippen LogP contribution is -2.42. The fraction of sp³-hybridized carbons (Fsp3) is 0.280. The van der Waals surface area contributed by atoms with E-state index in [9.17, 15) is 28.2 Å². The van der Waals surface area contributed by atoms with Gasteiger partial charge < -0.3 is 29.9 Å². The topological polar surface area (TPSA) is 139 Å². The van der Waals surface area contributed by atoms with E-state index in [0.717, 1.165) is 22.6 Å². The molecule has 0 atom stereocenters. The molecular formula is C25H23BrN2O7S2-2. The monoisotopic (exact) mass is 606 g/mol. The summed E-state index contributed by atoms with van der Waals surface area (Å²) in [6.07, 6.45) is 1.27. The van der Waals surface area contributed by atoms with Crippen molar-refractivity contribution in [3.05, 3.63) is 69.5 Å². The maximum Gasteiger partial charge on any atom is 0.218 e. The summed E-state index contributed by atoms with van der Waals surface area (Å²) < 4.78 is 32.6. The maximum absolute atomic E-state index is 12.8. The van der Waals surface area contributed by atoms with E-state index in [1.54, 1.807) is 18.2 Å². The third kappa shape index (κ3) is 6.69. The number of hydrogen-bond acceptors (Lipinski definition) is 9. The van der Waals surface area contributed by atoms with Crippen LogP contribution in [-0.2, 0) is 20.6 Å². The Morgan fingerprint density at radius 3 is 2.43 bits per heavy atom. The van der Waals surface area contributed by atoms with Gasteiger partial charge in [0.15, 0.2) is 5.75 Å². The maximum atomic E-state index is 12.8. The average molecular weight is 608 g/mol. The van der Waals surface area contributed by atoms with E-state index in [1.807, 2.05) is 36.4 Å². The van der Waals surface area contributed by atoms with Gasteiger partial charge in [0, 0.05) is 24.8 Å². The van der Waals surface area contributed by atoms with Crippen LogP contribution in [0.3, 0.4) is 0 Å². The van der Waals surface area contributed by atoms with Gasteiger partial charge in [-0.1, -0.05) is 42.5 Å².